The van der Waals surface area contributed by atoms with Crippen molar-refractivity contribution in [1.82, 2.24) is 4.98 Å². The van der Waals surface area contributed by atoms with Gasteiger partial charge < -0.3 is 39.4 Å². The molecular formula is C37H45NO9S2. The zero-order chi connectivity index (χ0) is 34.4. The normalized spacial score (nSPS) is 27.4. The summed E-state index contributed by atoms with van der Waals surface area (Å²) in [7, 11) is 3.52. The van der Waals surface area contributed by atoms with E-state index in [9.17, 15) is 25.2 Å². The second-order valence-corrected chi connectivity index (χ2v) is 16.0. The molecule has 6 rings (SSSR count). The molecule has 2 aromatic carbocycles. The van der Waals surface area contributed by atoms with Crippen molar-refractivity contribution in [2.24, 2.45) is 11.3 Å². The van der Waals surface area contributed by atoms with Crippen LogP contribution in [-0.4, -0.2) is 74.4 Å². The van der Waals surface area contributed by atoms with Crippen molar-refractivity contribution in [1.29, 1.82) is 0 Å². The SMILES string of the molecule is CC(=O)OC1CC(c2cc(O)c(O)c(OCCc3cccnc3)c2)OC(C2CSSCC3(CO)CCCC(C3)Oc3cc(ccc3O)C2)C1. The van der Waals surface area contributed by atoms with Crippen LogP contribution in [0.25, 0.3) is 0 Å². The second-order valence-electron chi connectivity index (χ2n) is 13.5. The van der Waals surface area contributed by atoms with Gasteiger partial charge in [0.2, 0.25) is 5.75 Å². The largest absolute Gasteiger partial charge is 0.504 e. The van der Waals surface area contributed by atoms with Crippen molar-refractivity contribution in [2.75, 3.05) is 24.7 Å². The van der Waals surface area contributed by atoms with Crippen LogP contribution < -0.4 is 9.47 Å². The number of aromatic nitrogens is 1. The van der Waals surface area contributed by atoms with E-state index >= 15 is 0 Å². The van der Waals surface area contributed by atoms with E-state index in [2.05, 4.69) is 4.98 Å². The molecule has 3 aliphatic rings. The summed E-state index contributed by atoms with van der Waals surface area (Å²) in [4.78, 5) is 16.3. The fourth-order valence-electron chi connectivity index (χ4n) is 7.17. The Bertz CT molecular complexity index is 1580. The number of phenolic OH excluding ortho intramolecular Hbond substituents is 3. The summed E-state index contributed by atoms with van der Waals surface area (Å²) in [5.74, 6) is 1.14. The third-order valence-electron chi connectivity index (χ3n) is 9.77. The number of benzene rings is 2. The first-order chi connectivity index (χ1) is 23.7. The van der Waals surface area contributed by atoms with E-state index in [1.165, 1.54) is 13.0 Å². The molecule has 1 saturated carbocycles. The van der Waals surface area contributed by atoms with Gasteiger partial charge in [0.05, 0.1) is 24.9 Å². The third kappa shape index (κ3) is 9.08. The van der Waals surface area contributed by atoms with Crippen LogP contribution in [0.1, 0.15) is 68.2 Å². The first-order valence-electron chi connectivity index (χ1n) is 16.9. The van der Waals surface area contributed by atoms with Crippen molar-refractivity contribution in [3.63, 3.8) is 0 Å². The van der Waals surface area contributed by atoms with Gasteiger partial charge in [0.1, 0.15) is 6.10 Å². The number of rotatable bonds is 8. The lowest BCUT2D eigenvalue weighted by molar-refractivity contribution is -0.163. The Balaban J connectivity index is 1.25. The van der Waals surface area contributed by atoms with Crippen LogP contribution in [0.5, 0.6) is 28.7 Å². The number of fused-ring (bicyclic) bond motifs is 4. The molecule has 1 saturated heterocycles. The van der Waals surface area contributed by atoms with Crippen molar-refractivity contribution in [2.45, 2.75) is 82.7 Å². The second kappa shape index (κ2) is 16.1. The minimum atomic E-state index is -0.548. The Labute approximate surface area is 294 Å². The predicted octanol–water partition coefficient (Wildman–Crippen LogP) is 6.53. The first-order valence-corrected chi connectivity index (χ1v) is 19.4. The quantitative estimate of drug-likeness (QED) is 0.115. The highest BCUT2D eigenvalue weighted by atomic mass is 33.1. The van der Waals surface area contributed by atoms with Gasteiger partial charge in [-0.05, 0) is 85.0 Å². The summed E-state index contributed by atoms with van der Waals surface area (Å²) in [6.45, 7) is 1.75. The summed E-state index contributed by atoms with van der Waals surface area (Å²) in [6, 6.07) is 12.4. The number of hydrogen-bond donors (Lipinski definition) is 4. The van der Waals surface area contributed by atoms with Gasteiger partial charge in [-0.3, -0.25) is 9.78 Å². The molecule has 3 heterocycles. The van der Waals surface area contributed by atoms with Crippen LogP contribution in [0.3, 0.4) is 0 Å². The van der Waals surface area contributed by atoms with Crippen LogP contribution in [0.4, 0.5) is 0 Å². The summed E-state index contributed by atoms with van der Waals surface area (Å²) in [5, 5.41) is 42.5. The van der Waals surface area contributed by atoms with Crippen molar-refractivity contribution in [3.8, 4) is 28.7 Å². The molecule has 3 aromatic rings. The average molecular weight is 712 g/mol. The minimum Gasteiger partial charge on any atom is -0.504 e. The number of carbonyl (C=O) groups is 1. The number of ether oxygens (including phenoxy) is 4. The molecular weight excluding hydrogens is 667 g/mol. The highest BCUT2D eigenvalue weighted by Gasteiger charge is 2.40. The monoisotopic (exact) mass is 711 g/mol. The van der Waals surface area contributed by atoms with Gasteiger partial charge in [-0.1, -0.05) is 33.7 Å². The predicted molar refractivity (Wildman–Crippen MR) is 188 cm³/mol. The summed E-state index contributed by atoms with van der Waals surface area (Å²) >= 11 is 0. The Morgan fingerprint density at radius 1 is 1.10 bits per heavy atom. The van der Waals surface area contributed by atoms with Gasteiger partial charge in [0.15, 0.2) is 23.0 Å². The van der Waals surface area contributed by atoms with Crippen LogP contribution >= 0.6 is 21.6 Å². The van der Waals surface area contributed by atoms with Gasteiger partial charge in [0.25, 0.3) is 0 Å². The van der Waals surface area contributed by atoms with Gasteiger partial charge in [-0.15, -0.1) is 0 Å². The van der Waals surface area contributed by atoms with E-state index in [1.807, 2.05) is 24.3 Å². The number of phenols is 3. The van der Waals surface area contributed by atoms with Crippen LogP contribution in [0.2, 0.25) is 0 Å². The number of aliphatic hydroxyl groups is 1. The Kier molecular flexibility index (Phi) is 11.7. The topological polar surface area (TPSA) is 148 Å². The Morgan fingerprint density at radius 2 is 1.98 bits per heavy atom. The van der Waals surface area contributed by atoms with Crippen LogP contribution in [0.15, 0.2) is 54.9 Å². The molecule has 1 aromatic heterocycles. The molecule has 12 heteroatoms. The van der Waals surface area contributed by atoms with E-state index in [1.54, 1.807) is 46.1 Å². The highest BCUT2D eigenvalue weighted by molar-refractivity contribution is 8.76. The van der Waals surface area contributed by atoms with Crippen molar-refractivity contribution < 1.29 is 44.2 Å². The van der Waals surface area contributed by atoms with E-state index < -0.39 is 12.2 Å². The van der Waals surface area contributed by atoms with E-state index in [0.717, 1.165) is 48.3 Å². The van der Waals surface area contributed by atoms with Crippen molar-refractivity contribution >= 4 is 27.6 Å². The molecule has 4 N–H and O–H groups in total. The van der Waals surface area contributed by atoms with E-state index in [0.29, 0.717) is 37.0 Å². The van der Waals surface area contributed by atoms with Crippen LogP contribution in [0, 0.1) is 11.3 Å². The molecule has 0 spiro atoms. The number of hydrogen-bond acceptors (Lipinski definition) is 12. The zero-order valence-electron chi connectivity index (χ0n) is 27.7. The maximum atomic E-state index is 12.2. The van der Waals surface area contributed by atoms with Crippen molar-refractivity contribution in [3.05, 3.63) is 71.5 Å². The Hall–Kier alpha value is -3.32. The number of esters is 1. The highest BCUT2D eigenvalue weighted by Crippen LogP contribution is 2.47. The average Bonchev–Trinajstić information content (AvgIpc) is 3.10. The lowest BCUT2D eigenvalue weighted by Gasteiger charge is -2.39. The molecule has 0 radical (unpaired) electrons. The molecule has 4 bridgehead atoms. The minimum absolute atomic E-state index is 0.0122. The van der Waals surface area contributed by atoms with E-state index in [4.69, 9.17) is 18.9 Å². The first kappa shape index (κ1) is 35.5. The molecule has 2 aliphatic heterocycles. The van der Waals surface area contributed by atoms with Gasteiger partial charge in [-0.25, -0.2) is 0 Å². The smallest absolute Gasteiger partial charge is 0.302 e. The van der Waals surface area contributed by atoms with E-state index in [-0.39, 0.29) is 65.7 Å². The summed E-state index contributed by atoms with van der Waals surface area (Å²) in [6.07, 6.45) is 7.65. The fraction of sp³-hybridized carbons (Fsp3) is 0.514. The van der Waals surface area contributed by atoms with Gasteiger partial charge >= 0.3 is 5.97 Å². The van der Waals surface area contributed by atoms with Gasteiger partial charge in [-0.2, -0.15) is 0 Å². The third-order valence-corrected chi connectivity index (χ3v) is 12.5. The number of carbonyl (C=O) groups excluding carboxylic acids is 1. The Morgan fingerprint density at radius 3 is 2.78 bits per heavy atom. The molecule has 1 aliphatic carbocycles. The number of aromatic hydroxyl groups is 3. The number of pyridine rings is 1. The maximum Gasteiger partial charge on any atom is 0.302 e. The molecule has 6 unspecified atom stereocenters. The molecule has 2 fully saturated rings. The molecule has 264 valence electrons. The number of nitrogens with zero attached hydrogens (tertiary/aromatic N) is 1. The summed E-state index contributed by atoms with van der Waals surface area (Å²) < 4.78 is 24.9. The molecule has 49 heavy (non-hydrogen) atoms. The standard InChI is InChI=1S/C37H45NO9S2/c1-23(40)45-29-16-32(26-14-31(42)36(43)35(15-26)44-11-8-24-4-3-10-38-19-24)47-33(17-29)27-12-25-6-7-30(41)34(13-25)46-28-5-2-9-37(18-28,21-39)22-49-48-20-27/h3-4,6-7,10,13-15,19,27-29,32-33,39,41-43H,2,5,8-9,11-12,16-18,20-22H2,1H3. The molecule has 6 atom stereocenters. The fourth-order valence-corrected chi connectivity index (χ4v) is 10.3. The maximum absolute atomic E-state index is 12.2. The van der Waals surface area contributed by atoms with Crippen LogP contribution in [-0.2, 0) is 27.1 Å². The number of aliphatic hydroxyl groups excluding tert-OH is 1. The summed E-state index contributed by atoms with van der Waals surface area (Å²) in [5.41, 5.74) is 2.34. The lowest BCUT2D eigenvalue weighted by Crippen LogP contribution is -2.39. The van der Waals surface area contributed by atoms with Gasteiger partial charge in [0, 0.05) is 62.1 Å². The lowest BCUT2D eigenvalue weighted by atomic mass is 9.75. The zero-order valence-corrected chi connectivity index (χ0v) is 29.3. The molecule has 0 amide bonds. The molecule has 10 nitrogen and oxygen atoms in total.